The van der Waals surface area contributed by atoms with Crippen LogP contribution < -0.4 is 16.1 Å². The van der Waals surface area contributed by atoms with Crippen molar-refractivity contribution < 1.29 is 4.74 Å². The van der Waals surface area contributed by atoms with E-state index in [1.807, 2.05) is 0 Å². The minimum atomic E-state index is -0.204. The van der Waals surface area contributed by atoms with Crippen molar-refractivity contribution in [2.75, 3.05) is 13.0 Å². The Balaban J connectivity index is 2.81. The van der Waals surface area contributed by atoms with E-state index in [1.54, 1.807) is 31.4 Å². The van der Waals surface area contributed by atoms with Gasteiger partial charge in [0.2, 0.25) is 0 Å². The molecular weight excluding hydrogens is 180 g/mol. The molecule has 0 saturated heterocycles. The second-order valence-electron chi connectivity index (χ2n) is 2.98. The molecule has 4 heteroatoms. The Hall–Kier alpha value is -1.97. The van der Waals surface area contributed by atoms with Crippen molar-refractivity contribution in [3.8, 4) is 5.75 Å². The maximum atomic E-state index is 11.5. The van der Waals surface area contributed by atoms with Gasteiger partial charge in [0.15, 0.2) is 0 Å². The summed E-state index contributed by atoms with van der Waals surface area (Å²) in [7, 11) is 1.59. The molecule has 0 aliphatic rings. The van der Waals surface area contributed by atoms with Crippen LogP contribution in [0, 0.1) is 0 Å². The summed E-state index contributed by atoms with van der Waals surface area (Å²) in [6.07, 6.45) is 1.53. The molecule has 0 aliphatic carbocycles. The first-order chi connectivity index (χ1) is 6.72. The van der Waals surface area contributed by atoms with Gasteiger partial charge in [-0.1, -0.05) is 0 Å². The first-order valence-electron chi connectivity index (χ1n) is 4.17. The number of ether oxygens (including phenoxy) is 1. The second kappa shape index (κ2) is 3.06. The number of hydrogen-bond donors (Lipinski definition) is 1. The molecular formula is C10H10N2O2. The molecule has 0 radical (unpaired) electrons. The van der Waals surface area contributed by atoms with E-state index in [9.17, 15) is 4.79 Å². The summed E-state index contributed by atoms with van der Waals surface area (Å²) in [5.74, 6) is 6.16. The lowest BCUT2D eigenvalue weighted by Gasteiger charge is -2.03. The molecule has 2 N–H and O–H groups in total. The largest absolute Gasteiger partial charge is 0.497 e. The van der Waals surface area contributed by atoms with Crippen molar-refractivity contribution in [1.29, 1.82) is 0 Å². The van der Waals surface area contributed by atoms with Crippen LogP contribution in [0.4, 0.5) is 0 Å². The lowest BCUT2D eigenvalue weighted by molar-refractivity contribution is 0.415. The Morgan fingerprint density at radius 1 is 1.36 bits per heavy atom. The number of rotatable bonds is 1. The Kier molecular flexibility index (Phi) is 1.89. The Morgan fingerprint density at radius 2 is 2.14 bits per heavy atom. The zero-order valence-corrected chi connectivity index (χ0v) is 7.73. The molecule has 0 spiro atoms. The van der Waals surface area contributed by atoms with E-state index in [1.165, 1.54) is 6.20 Å². The van der Waals surface area contributed by atoms with Crippen LogP contribution in [0.25, 0.3) is 10.8 Å². The topological polar surface area (TPSA) is 57.2 Å². The van der Waals surface area contributed by atoms with Crippen molar-refractivity contribution in [3.05, 3.63) is 40.8 Å². The number of benzene rings is 1. The van der Waals surface area contributed by atoms with E-state index in [4.69, 9.17) is 10.6 Å². The zero-order valence-electron chi connectivity index (χ0n) is 7.73. The first-order valence-corrected chi connectivity index (χ1v) is 4.17. The average Bonchev–Trinajstić information content (AvgIpc) is 2.23. The molecule has 0 unspecified atom stereocenters. The van der Waals surface area contributed by atoms with Crippen molar-refractivity contribution in [3.63, 3.8) is 0 Å². The van der Waals surface area contributed by atoms with E-state index >= 15 is 0 Å². The molecule has 0 saturated carbocycles. The van der Waals surface area contributed by atoms with Gasteiger partial charge in [-0.25, -0.2) is 4.68 Å². The van der Waals surface area contributed by atoms with Crippen LogP contribution in [0.5, 0.6) is 5.75 Å². The standard InChI is InChI=1S/C10H10N2O2/c1-14-8-2-3-9-7(6-8)4-5-12(11)10(9)13/h2-6H,11H2,1H3. The van der Waals surface area contributed by atoms with Crippen molar-refractivity contribution in [2.24, 2.45) is 0 Å². The average molecular weight is 190 g/mol. The van der Waals surface area contributed by atoms with E-state index in [-0.39, 0.29) is 5.56 Å². The van der Waals surface area contributed by atoms with Crippen LogP contribution in [-0.4, -0.2) is 11.8 Å². The van der Waals surface area contributed by atoms with E-state index in [0.29, 0.717) is 5.39 Å². The number of fused-ring (bicyclic) bond motifs is 1. The van der Waals surface area contributed by atoms with E-state index in [0.717, 1.165) is 15.8 Å². The van der Waals surface area contributed by atoms with Crippen LogP contribution in [0.15, 0.2) is 35.3 Å². The van der Waals surface area contributed by atoms with Crippen molar-refractivity contribution >= 4 is 10.8 Å². The number of hydrogen-bond acceptors (Lipinski definition) is 3. The third-order valence-corrected chi connectivity index (χ3v) is 2.14. The third kappa shape index (κ3) is 1.21. The van der Waals surface area contributed by atoms with Gasteiger partial charge in [0, 0.05) is 11.6 Å². The van der Waals surface area contributed by atoms with Gasteiger partial charge < -0.3 is 10.6 Å². The molecule has 1 aromatic carbocycles. The molecule has 0 aliphatic heterocycles. The molecule has 4 nitrogen and oxygen atoms in total. The fourth-order valence-corrected chi connectivity index (χ4v) is 1.37. The molecule has 0 fully saturated rings. The van der Waals surface area contributed by atoms with Crippen LogP contribution in [0.3, 0.4) is 0 Å². The summed E-state index contributed by atoms with van der Waals surface area (Å²) in [5.41, 5.74) is -0.204. The summed E-state index contributed by atoms with van der Waals surface area (Å²) in [6.45, 7) is 0. The van der Waals surface area contributed by atoms with Crippen molar-refractivity contribution in [2.45, 2.75) is 0 Å². The number of nitrogens with two attached hydrogens (primary N) is 1. The summed E-state index contributed by atoms with van der Waals surface area (Å²) in [4.78, 5) is 11.5. The molecule has 1 heterocycles. The maximum absolute atomic E-state index is 11.5. The summed E-state index contributed by atoms with van der Waals surface area (Å²) >= 11 is 0. The summed E-state index contributed by atoms with van der Waals surface area (Å²) in [6, 6.07) is 7.03. The van der Waals surface area contributed by atoms with Gasteiger partial charge in [-0.3, -0.25) is 4.79 Å². The van der Waals surface area contributed by atoms with Crippen LogP contribution in [0.2, 0.25) is 0 Å². The van der Waals surface area contributed by atoms with Gasteiger partial charge in [0.05, 0.1) is 7.11 Å². The fraction of sp³-hybridized carbons (Fsp3) is 0.100. The van der Waals surface area contributed by atoms with Crippen LogP contribution >= 0.6 is 0 Å². The molecule has 72 valence electrons. The number of aromatic nitrogens is 1. The predicted molar refractivity (Wildman–Crippen MR) is 54.9 cm³/mol. The minimum Gasteiger partial charge on any atom is -0.497 e. The molecule has 0 amide bonds. The Labute approximate surface area is 80.5 Å². The van der Waals surface area contributed by atoms with Gasteiger partial charge in [0.1, 0.15) is 5.75 Å². The SMILES string of the molecule is COc1ccc2c(=O)n(N)ccc2c1. The fourth-order valence-electron chi connectivity index (χ4n) is 1.37. The monoisotopic (exact) mass is 190 g/mol. The van der Waals surface area contributed by atoms with Gasteiger partial charge in [0.25, 0.3) is 5.56 Å². The molecule has 0 bridgehead atoms. The molecule has 0 atom stereocenters. The molecule has 14 heavy (non-hydrogen) atoms. The summed E-state index contributed by atoms with van der Waals surface area (Å²) in [5, 5.41) is 1.42. The van der Waals surface area contributed by atoms with Crippen molar-refractivity contribution in [1.82, 2.24) is 4.68 Å². The van der Waals surface area contributed by atoms with Crippen LogP contribution in [-0.2, 0) is 0 Å². The molecule has 2 rings (SSSR count). The normalized spacial score (nSPS) is 10.4. The van der Waals surface area contributed by atoms with Gasteiger partial charge in [-0.05, 0) is 29.7 Å². The highest BCUT2D eigenvalue weighted by Gasteiger charge is 2.01. The number of pyridine rings is 1. The number of nitrogens with zero attached hydrogens (tertiary/aromatic N) is 1. The highest BCUT2D eigenvalue weighted by molar-refractivity contribution is 5.82. The Bertz CT molecular complexity index is 531. The van der Waals surface area contributed by atoms with Gasteiger partial charge >= 0.3 is 0 Å². The minimum absolute atomic E-state index is 0.204. The third-order valence-electron chi connectivity index (χ3n) is 2.14. The maximum Gasteiger partial charge on any atom is 0.276 e. The van der Waals surface area contributed by atoms with E-state index < -0.39 is 0 Å². The molecule has 1 aromatic heterocycles. The molecule has 2 aromatic rings. The van der Waals surface area contributed by atoms with Gasteiger partial charge in [-0.15, -0.1) is 0 Å². The Morgan fingerprint density at radius 3 is 2.86 bits per heavy atom. The lowest BCUT2D eigenvalue weighted by atomic mass is 10.2. The van der Waals surface area contributed by atoms with E-state index in [2.05, 4.69) is 0 Å². The van der Waals surface area contributed by atoms with Crippen LogP contribution in [0.1, 0.15) is 0 Å². The summed E-state index contributed by atoms with van der Waals surface area (Å²) < 4.78 is 6.12. The predicted octanol–water partition coefficient (Wildman–Crippen LogP) is 0.724. The number of methoxy groups -OCH3 is 1. The quantitative estimate of drug-likeness (QED) is 0.674. The lowest BCUT2D eigenvalue weighted by Crippen LogP contribution is -2.26. The first kappa shape index (κ1) is 8.62. The zero-order chi connectivity index (χ0) is 10.1. The highest BCUT2D eigenvalue weighted by atomic mass is 16.5. The van der Waals surface area contributed by atoms with Gasteiger partial charge in [-0.2, -0.15) is 0 Å². The second-order valence-corrected chi connectivity index (χ2v) is 2.98. The number of nitrogen functional groups attached to an aromatic ring is 1. The highest BCUT2D eigenvalue weighted by Crippen LogP contribution is 2.17. The smallest absolute Gasteiger partial charge is 0.276 e.